The van der Waals surface area contributed by atoms with Gasteiger partial charge in [0, 0.05) is 32.6 Å². The van der Waals surface area contributed by atoms with Gasteiger partial charge in [0.25, 0.3) is 0 Å². The molecule has 1 saturated heterocycles. The summed E-state index contributed by atoms with van der Waals surface area (Å²) in [7, 11) is 3.65. The molecule has 1 aliphatic heterocycles. The number of methoxy groups -OCH3 is 1. The molecule has 1 N–H and O–H groups in total. The van der Waals surface area contributed by atoms with Gasteiger partial charge in [-0.3, -0.25) is 4.99 Å². The van der Waals surface area contributed by atoms with Crippen LogP contribution in [-0.2, 0) is 0 Å². The van der Waals surface area contributed by atoms with Crippen molar-refractivity contribution in [3.05, 3.63) is 29.8 Å². The third kappa shape index (κ3) is 4.10. The monoisotopic (exact) mass is 343 g/mol. The predicted molar refractivity (Wildman–Crippen MR) is 104 cm³/mol. The number of ether oxygens (including phenoxy) is 1. The lowest BCUT2D eigenvalue weighted by Crippen LogP contribution is -2.42. The van der Waals surface area contributed by atoms with Crippen LogP contribution in [0.25, 0.3) is 0 Å². The lowest BCUT2D eigenvalue weighted by molar-refractivity contribution is 0.203. The molecule has 1 spiro atoms. The van der Waals surface area contributed by atoms with E-state index in [-0.39, 0.29) is 0 Å². The Bertz CT molecular complexity index is 593. The number of hydrogen-bond acceptors (Lipinski definition) is 2. The van der Waals surface area contributed by atoms with E-state index in [4.69, 9.17) is 4.74 Å². The number of para-hydroxylation sites is 1. The summed E-state index contributed by atoms with van der Waals surface area (Å²) in [4.78, 5) is 7.03. The van der Waals surface area contributed by atoms with Crippen LogP contribution in [0.3, 0.4) is 0 Å². The maximum Gasteiger partial charge on any atom is 0.193 e. The van der Waals surface area contributed by atoms with Gasteiger partial charge >= 0.3 is 0 Å². The fourth-order valence-corrected chi connectivity index (χ4v) is 4.59. The summed E-state index contributed by atoms with van der Waals surface area (Å²) in [5.41, 5.74) is 1.81. The molecule has 1 aliphatic carbocycles. The normalized spacial score (nSPS) is 21.4. The molecular formula is C21H33N3O. The molecule has 4 heteroatoms. The smallest absolute Gasteiger partial charge is 0.193 e. The molecule has 1 atom stereocenters. The maximum atomic E-state index is 5.51. The first-order valence-electron chi connectivity index (χ1n) is 9.76. The van der Waals surface area contributed by atoms with Crippen molar-refractivity contribution in [2.75, 3.05) is 33.8 Å². The summed E-state index contributed by atoms with van der Waals surface area (Å²) in [5.74, 6) is 2.40. The molecule has 138 valence electrons. The van der Waals surface area contributed by atoms with Gasteiger partial charge in [0.15, 0.2) is 5.96 Å². The number of hydrogen-bond donors (Lipinski definition) is 1. The number of rotatable bonds is 4. The van der Waals surface area contributed by atoms with Crippen molar-refractivity contribution in [3.63, 3.8) is 0 Å². The number of guanidine groups is 1. The van der Waals surface area contributed by atoms with Crippen molar-refractivity contribution < 1.29 is 4.74 Å². The fraction of sp³-hybridized carbons (Fsp3) is 0.667. The van der Waals surface area contributed by atoms with Gasteiger partial charge in [-0.25, -0.2) is 0 Å². The highest BCUT2D eigenvalue weighted by Crippen LogP contribution is 2.43. The first-order valence-corrected chi connectivity index (χ1v) is 9.76. The Morgan fingerprint density at radius 2 is 2.00 bits per heavy atom. The molecule has 1 aromatic rings. The van der Waals surface area contributed by atoms with Crippen LogP contribution in [0.4, 0.5) is 0 Å². The molecule has 0 radical (unpaired) electrons. The van der Waals surface area contributed by atoms with Crippen LogP contribution >= 0.6 is 0 Å². The predicted octanol–water partition coefficient (Wildman–Crippen LogP) is 4.03. The van der Waals surface area contributed by atoms with E-state index in [2.05, 4.69) is 34.3 Å². The quantitative estimate of drug-likeness (QED) is 0.662. The molecule has 1 heterocycles. The zero-order valence-electron chi connectivity index (χ0n) is 16.1. The van der Waals surface area contributed by atoms with E-state index in [1.807, 2.05) is 19.2 Å². The van der Waals surface area contributed by atoms with E-state index in [1.165, 1.54) is 50.6 Å². The molecule has 3 rings (SSSR count). The van der Waals surface area contributed by atoms with Crippen molar-refractivity contribution in [2.45, 2.75) is 51.4 Å². The Labute approximate surface area is 152 Å². The molecular weight excluding hydrogens is 310 g/mol. The van der Waals surface area contributed by atoms with Crippen LogP contribution in [0.2, 0.25) is 0 Å². The summed E-state index contributed by atoms with van der Waals surface area (Å²) in [6.45, 7) is 5.43. The van der Waals surface area contributed by atoms with Crippen LogP contribution in [0.1, 0.15) is 56.9 Å². The average Bonchev–Trinajstić information content (AvgIpc) is 3.05. The van der Waals surface area contributed by atoms with Crippen molar-refractivity contribution >= 4 is 5.96 Å². The van der Waals surface area contributed by atoms with Gasteiger partial charge in [-0.05, 0) is 36.3 Å². The Kier molecular flexibility index (Phi) is 5.87. The Balaban J connectivity index is 1.58. The van der Waals surface area contributed by atoms with Gasteiger partial charge in [-0.2, -0.15) is 0 Å². The second kappa shape index (κ2) is 8.11. The summed E-state index contributed by atoms with van der Waals surface area (Å²) in [6, 6.07) is 8.29. The maximum absolute atomic E-state index is 5.51. The summed E-state index contributed by atoms with van der Waals surface area (Å²) >= 11 is 0. The Morgan fingerprint density at radius 3 is 2.72 bits per heavy atom. The van der Waals surface area contributed by atoms with Gasteiger partial charge in [-0.15, -0.1) is 0 Å². The van der Waals surface area contributed by atoms with E-state index in [1.54, 1.807) is 7.11 Å². The Morgan fingerprint density at radius 1 is 1.24 bits per heavy atom. The summed E-state index contributed by atoms with van der Waals surface area (Å²) < 4.78 is 5.51. The van der Waals surface area contributed by atoms with Gasteiger partial charge in [0.05, 0.1) is 7.11 Å². The number of aliphatic imine (C=N–C) groups is 1. The van der Waals surface area contributed by atoms with E-state index in [9.17, 15) is 0 Å². The molecule has 4 nitrogen and oxygen atoms in total. The van der Waals surface area contributed by atoms with Crippen LogP contribution in [0, 0.1) is 5.41 Å². The molecule has 1 saturated carbocycles. The van der Waals surface area contributed by atoms with E-state index in [0.29, 0.717) is 11.3 Å². The molecule has 0 amide bonds. The first-order chi connectivity index (χ1) is 12.2. The molecule has 1 aromatic carbocycles. The summed E-state index contributed by atoms with van der Waals surface area (Å²) in [6.07, 6.45) is 8.37. The molecule has 0 bridgehead atoms. The van der Waals surface area contributed by atoms with Crippen LogP contribution in [0.5, 0.6) is 5.75 Å². The minimum atomic E-state index is 0.374. The van der Waals surface area contributed by atoms with Crippen molar-refractivity contribution in [1.82, 2.24) is 10.2 Å². The molecule has 2 aliphatic rings. The van der Waals surface area contributed by atoms with Crippen LogP contribution in [0.15, 0.2) is 29.3 Å². The second-order valence-corrected chi connectivity index (χ2v) is 7.80. The minimum Gasteiger partial charge on any atom is -0.496 e. The van der Waals surface area contributed by atoms with Gasteiger partial charge in [0.2, 0.25) is 0 Å². The average molecular weight is 344 g/mol. The highest BCUT2D eigenvalue weighted by atomic mass is 16.5. The largest absolute Gasteiger partial charge is 0.496 e. The number of nitrogens with one attached hydrogen (secondary N) is 1. The second-order valence-electron chi connectivity index (χ2n) is 7.80. The van der Waals surface area contributed by atoms with Gasteiger partial charge < -0.3 is 15.0 Å². The number of nitrogens with zero attached hydrogens (tertiary/aromatic N) is 2. The zero-order chi connectivity index (χ0) is 17.7. The van der Waals surface area contributed by atoms with Gasteiger partial charge in [-0.1, -0.05) is 44.4 Å². The SMILES string of the molecule is CN=C(NCC(C)c1ccccc1OC)N1CCC2(CCCCC2)C1. The first kappa shape index (κ1) is 18.1. The highest BCUT2D eigenvalue weighted by molar-refractivity contribution is 5.80. The molecule has 0 aromatic heterocycles. The van der Waals surface area contributed by atoms with Crippen molar-refractivity contribution in [1.29, 1.82) is 0 Å². The van der Waals surface area contributed by atoms with E-state index in [0.717, 1.165) is 24.8 Å². The fourth-order valence-electron chi connectivity index (χ4n) is 4.59. The van der Waals surface area contributed by atoms with Crippen molar-refractivity contribution in [2.24, 2.45) is 10.4 Å². The number of likely N-dealkylation sites (tertiary alicyclic amines) is 1. The minimum absolute atomic E-state index is 0.374. The third-order valence-electron chi connectivity index (χ3n) is 6.10. The van der Waals surface area contributed by atoms with E-state index >= 15 is 0 Å². The third-order valence-corrected chi connectivity index (χ3v) is 6.10. The lowest BCUT2D eigenvalue weighted by Gasteiger charge is -2.33. The highest BCUT2D eigenvalue weighted by Gasteiger charge is 2.39. The molecule has 2 fully saturated rings. The lowest BCUT2D eigenvalue weighted by atomic mass is 9.73. The van der Waals surface area contributed by atoms with Crippen LogP contribution < -0.4 is 10.1 Å². The number of benzene rings is 1. The van der Waals surface area contributed by atoms with Gasteiger partial charge in [0.1, 0.15) is 5.75 Å². The van der Waals surface area contributed by atoms with Crippen LogP contribution in [-0.4, -0.2) is 44.7 Å². The summed E-state index contributed by atoms with van der Waals surface area (Å²) in [5, 5.41) is 3.60. The molecule has 1 unspecified atom stereocenters. The van der Waals surface area contributed by atoms with E-state index < -0.39 is 0 Å². The van der Waals surface area contributed by atoms with Crippen molar-refractivity contribution in [3.8, 4) is 5.75 Å². The topological polar surface area (TPSA) is 36.9 Å². The standard InChI is InChI=1S/C21H33N3O/c1-17(18-9-5-6-10-19(18)25-3)15-23-20(22-2)24-14-13-21(16-24)11-7-4-8-12-21/h5-6,9-10,17H,4,7-8,11-16H2,1-3H3,(H,22,23). The zero-order valence-corrected chi connectivity index (χ0v) is 16.1. The molecule has 25 heavy (non-hydrogen) atoms. The Hall–Kier alpha value is -1.71.